The highest BCUT2D eigenvalue weighted by Gasteiger charge is 2.72. The number of carbonyl (C=O) groups is 2. The Morgan fingerprint density at radius 2 is 2.12 bits per heavy atom. The third kappa shape index (κ3) is 2.22. The topological polar surface area (TPSA) is 102 Å². The van der Waals surface area contributed by atoms with Gasteiger partial charge in [-0.25, -0.2) is 4.79 Å². The Labute approximate surface area is 140 Å². The number of allylic oxidation sites excluding steroid dienone is 1. The van der Waals surface area contributed by atoms with Crippen LogP contribution in [0.15, 0.2) is 11.6 Å². The number of hydrogen-bond donors (Lipinski definition) is 2. The van der Waals surface area contributed by atoms with Crippen LogP contribution in [0.3, 0.4) is 0 Å². The number of fused-ring (bicyclic) bond motifs is 2. The van der Waals surface area contributed by atoms with E-state index >= 15 is 0 Å². The Morgan fingerprint density at radius 3 is 2.75 bits per heavy atom. The quantitative estimate of drug-likeness (QED) is 0.530. The lowest BCUT2D eigenvalue weighted by Crippen LogP contribution is -2.62. The third-order valence-electron chi connectivity index (χ3n) is 5.79. The molecule has 24 heavy (non-hydrogen) atoms. The first-order valence-electron chi connectivity index (χ1n) is 8.20. The van der Waals surface area contributed by atoms with Crippen LogP contribution in [-0.2, 0) is 23.8 Å². The van der Waals surface area contributed by atoms with Crippen molar-refractivity contribution in [3.63, 3.8) is 0 Å². The molecule has 2 aliphatic heterocycles. The summed E-state index contributed by atoms with van der Waals surface area (Å²) in [5.74, 6) is -3.38. The van der Waals surface area contributed by atoms with Crippen molar-refractivity contribution in [3.05, 3.63) is 11.6 Å². The average Bonchev–Trinajstić information content (AvgIpc) is 2.73. The molecule has 7 unspecified atom stereocenters. The Balaban J connectivity index is 2.16. The lowest BCUT2D eigenvalue weighted by Gasteiger charge is -2.51. The van der Waals surface area contributed by atoms with Crippen molar-refractivity contribution in [1.82, 2.24) is 0 Å². The second-order valence-corrected chi connectivity index (χ2v) is 7.32. The minimum absolute atomic E-state index is 0.112. The molecule has 0 aromatic rings. The van der Waals surface area contributed by atoms with Gasteiger partial charge in [-0.15, -0.1) is 0 Å². The molecule has 0 amide bonds. The van der Waals surface area contributed by atoms with Crippen LogP contribution in [0.1, 0.15) is 34.1 Å². The van der Waals surface area contributed by atoms with Crippen LogP contribution in [0.25, 0.3) is 0 Å². The van der Waals surface area contributed by atoms with Gasteiger partial charge in [0.05, 0.1) is 12.0 Å². The molecule has 0 aromatic carbocycles. The molecule has 2 N–H and O–H groups in total. The van der Waals surface area contributed by atoms with E-state index in [4.69, 9.17) is 14.2 Å². The van der Waals surface area contributed by atoms with E-state index in [2.05, 4.69) is 0 Å². The third-order valence-corrected chi connectivity index (χ3v) is 5.79. The lowest BCUT2D eigenvalue weighted by molar-refractivity contribution is -0.263. The van der Waals surface area contributed by atoms with Gasteiger partial charge in [0.1, 0.15) is 12.2 Å². The Hall–Kier alpha value is -1.44. The number of esters is 2. The molecule has 0 radical (unpaired) electrons. The SMILES string of the molecule is CC(=O)OC1C(O)C(C)=CCC12C1C(C)COC(=O)C1OC2(C)O. The molecule has 2 fully saturated rings. The van der Waals surface area contributed by atoms with E-state index < -0.39 is 47.4 Å². The molecule has 1 spiro atoms. The molecule has 7 nitrogen and oxygen atoms in total. The highest BCUT2D eigenvalue weighted by atomic mass is 16.7. The van der Waals surface area contributed by atoms with Gasteiger partial charge < -0.3 is 24.4 Å². The van der Waals surface area contributed by atoms with E-state index in [-0.39, 0.29) is 12.5 Å². The van der Waals surface area contributed by atoms with E-state index in [1.165, 1.54) is 13.8 Å². The molecule has 2 heterocycles. The maximum Gasteiger partial charge on any atom is 0.335 e. The fourth-order valence-corrected chi connectivity index (χ4v) is 4.62. The Kier molecular flexibility index (Phi) is 4.01. The summed E-state index contributed by atoms with van der Waals surface area (Å²) in [6, 6.07) is 0. The Morgan fingerprint density at radius 1 is 1.46 bits per heavy atom. The van der Waals surface area contributed by atoms with Crippen LogP contribution in [0, 0.1) is 17.3 Å². The van der Waals surface area contributed by atoms with Gasteiger partial charge in [0.2, 0.25) is 0 Å². The predicted molar refractivity (Wildman–Crippen MR) is 81.5 cm³/mol. The minimum atomic E-state index is -1.75. The fourth-order valence-electron chi connectivity index (χ4n) is 4.62. The maximum atomic E-state index is 12.2. The van der Waals surface area contributed by atoms with Crippen LogP contribution in [-0.4, -0.2) is 52.9 Å². The monoisotopic (exact) mass is 340 g/mol. The zero-order valence-corrected chi connectivity index (χ0v) is 14.3. The van der Waals surface area contributed by atoms with Crippen LogP contribution >= 0.6 is 0 Å². The fraction of sp³-hybridized carbons (Fsp3) is 0.765. The number of aliphatic hydroxyl groups excluding tert-OH is 1. The molecule has 0 saturated carbocycles. The van der Waals surface area contributed by atoms with Gasteiger partial charge in [-0.3, -0.25) is 4.79 Å². The van der Waals surface area contributed by atoms with Gasteiger partial charge in [0.25, 0.3) is 0 Å². The molecule has 1 aliphatic carbocycles. The van der Waals surface area contributed by atoms with Crippen LogP contribution in [0.4, 0.5) is 0 Å². The summed E-state index contributed by atoms with van der Waals surface area (Å²) < 4.78 is 16.3. The molecular formula is C17H24O7. The first-order chi connectivity index (χ1) is 11.1. The second kappa shape index (κ2) is 5.54. The highest BCUT2D eigenvalue weighted by molar-refractivity contribution is 5.77. The van der Waals surface area contributed by atoms with Crippen molar-refractivity contribution >= 4 is 11.9 Å². The van der Waals surface area contributed by atoms with Gasteiger partial charge in [-0.1, -0.05) is 13.0 Å². The number of cyclic esters (lactones) is 1. The van der Waals surface area contributed by atoms with Gasteiger partial charge >= 0.3 is 11.9 Å². The summed E-state index contributed by atoms with van der Waals surface area (Å²) in [6.07, 6.45) is -0.863. The van der Waals surface area contributed by atoms with Crippen molar-refractivity contribution in [1.29, 1.82) is 0 Å². The zero-order chi connectivity index (χ0) is 17.9. The van der Waals surface area contributed by atoms with Crippen molar-refractivity contribution < 1.29 is 34.0 Å². The lowest BCUT2D eigenvalue weighted by atomic mass is 9.56. The van der Waals surface area contributed by atoms with Crippen LogP contribution in [0.2, 0.25) is 0 Å². The standard InChI is InChI=1S/C17H24O7/c1-8-5-6-17(14(12(8)19)23-10(3)18)11-9(2)7-22-15(20)13(11)24-16(17,4)21/h5,9,11-14,19,21H,6-7H2,1-4H3. The van der Waals surface area contributed by atoms with E-state index in [0.717, 1.165) is 0 Å². The summed E-state index contributed by atoms with van der Waals surface area (Å²) in [5.41, 5.74) is -0.460. The van der Waals surface area contributed by atoms with E-state index in [9.17, 15) is 19.8 Å². The molecule has 134 valence electrons. The molecule has 2 saturated heterocycles. The van der Waals surface area contributed by atoms with Crippen molar-refractivity contribution in [2.75, 3.05) is 6.61 Å². The zero-order valence-electron chi connectivity index (χ0n) is 14.3. The highest BCUT2D eigenvalue weighted by Crippen LogP contribution is 2.61. The van der Waals surface area contributed by atoms with E-state index in [1.54, 1.807) is 6.92 Å². The van der Waals surface area contributed by atoms with E-state index in [1.807, 2.05) is 13.0 Å². The van der Waals surface area contributed by atoms with Crippen molar-refractivity contribution in [2.45, 2.75) is 58.2 Å². The van der Waals surface area contributed by atoms with Gasteiger partial charge in [0, 0.05) is 12.8 Å². The normalized spacial score (nSPS) is 47.8. The molecule has 7 heteroatoms. The molecule has 3 aliphatic rings. The first-order valence-corrected chi connectivity index (χ1v) is 8.20. The summed E-state index contributed by atoms with van der Waals surface area (Å²) in [4.78, 5) is 23.8. The van der Waals surface area contributed by atoms with Crippen molar-refractivity contribution in [3.8, 4) is 0 Å². The maximum absolute atomic E-state index is 12.2. The first kappa shape index (κ1) is 17.4. The minimum Gasteiger partial charge on any atom is -0.463 e. The largest absolute Gasteiger partial charge is 0.463 e. The second-order valence-electron chi connectivity index (χ2n) is 7.32. The number of rotatable bonds is 1. The van der Waals surface area contributed by atoms with Crippen LogP contribution in [0.5, 0.6) is 0 Å². The molecule has 3 rings (SSSR count). The summed E-state index contributed by atoms with van der Waals surface area (Å²) in [5, 5.41) is 21.7. The summed E-state index contributed by atoms with van der Waals surface area (Å²) >= 11 is 0. The molecule has 7 atom stereocenters. The number of aliphatic hydroxyl groups is 2. The van der Waals surface area contributed by atoms with Gasteiger partial charge in [-0.2, -0.15) is 0 Å². The summed E-state index contributed by atoms with van der Waals surface area (Å²) in [7, 11) is 0. The van der Waals surface area contributed by atoms with Gasteiger partial charge in [-0.05, 0) is 31.8 Å². The van der Waals surface area contributed by atoms with Gasteiger partial charge in [0.15, 0.2) is 11.9 Å². The molecule has 0 bridgehead atoms. The van der Waals surface area contributed by atoms with Crippen molar-refractivity contribution in [2.24, 2.45) is 17.3 Å². The Bertz CT molecular complexity index is 596. The smallest absolute Gasteiger partial charge is 0.335 e. The predicted octanol–water partition coefficient (Wildman–Crippen LogP) is 0.532. The average molecular weight is 340 g/mol. The number of carbonyl (C=O) groups excluding carboxylic acids is 2. The number of hydrogen-bond acceptors (Lipinski definition) is 7. The number of ether oxygens (including phenoxy) is 3. The van der Waals surface area contributed by atoms with Crippen LogP contribution < -0.4 is 0 Å². The van der Waals surface area contributed by atoms with E-state index in [0.29, 0.717) is 12.0 Å². The molecular weight excluding hydrogens is 316 g/mol. The summed E-state index contributed by atoms with van der Waals surface area (Å²) in [6.45, 7) is 6.57. The molecule has 0 aromatic heterocycles.